The van der Waals surface area contributed by atoms with Gasteiger partial charge in [-0.25, -0.2) is 4.39 Å². The molecule has 3 aromatic carbocycles. The highest BCUT2D eigenvalue weighted by Gasteiger charge is 2.06. The van der Waals surface area contributed by atoms with Crippen LogP contribution in [0.2, 0.25) is 0 Å². The lowest BCUT2D eigenvalue weighted by Gasteiger charge is -2.13. The van der Waals surface area contributed by atoms with Gasteiger partial charge in [0.1, 0.15) is 18.2 Å². The van der Waals surface area contributed by atoms with Gasteiger partial charge in [-0.05, 0) is 24.6 Å². The summed E-state index contributed by atoms with van der Waals surface area (Å²) in [5, 5.41) is 3.43. The van der Waals surface area contributed by atoms with E-state index < -0.39 is 0 Å². The lowest BCUT2D eigenvalue weighted by atomic mass is 10.1. The van der Waals surface area contributed by atoms with Crippen LogP contribution < -0.4 is 10.1 Å². The number of para-hydroxylation sites is 1. The van der Waals surface area contributed by atoms with Gasteiger partial charge in [-0.1, -0.05) is 66.2 Å². The molecule has 3 aromatic rings. The van der Waals surface area contributed by atoms with Crippen LogP contribution in [-0.2, 0) is 19.7 Å². The maximum atomic E-state index is 13.7. The van der Waals surface area contributed by atoms with E-state index in [2.05, 4.69) is 36.5 Å². The van der Waals surface area contributed by atoms with Crippen LogP contribution in [-0.4, -0.2) is 0 Å². The maximum absolute atomic E-state index is 13.7. The van der Waals surface area contributed by atoms with Crippen molar-refractivity contribution >= 4 is 0 Å². The Kier molecular flexibility index (Phi) is 5.81. The van der Waals surface area contributed by atoms with Crippen molar-refractivity contribution in [1.29, 1.82) is 0 Å². The van der Waals surface area contributed by atoms with Crippen molar-refractivity contribution in [3.63, 3.8) is 0 Å². The lowest BCUT2D eigenvalue weighted by Crippen LogP contribution is -2.13. The van der Waals surface area contributed by atoms with Gasteiger partial charge < -0.3 is 10.1 Å². The number of hydrogen-bond donors (Lipinski definition) is 1. The van der Waals surface area contributed by atoms with Gasteiger partial charge in [0.2, 0.25) is 0 Å². The molecule has 0 aliphatic rings. The minimum Gasteiger partial charge on any atom is -0.488 e. The minimum atomic E-state index is -0.238. The average Bonchev–Trinajstić information content (AvgIpc) is 2.64. The molecule has 0 heterocycles. The summed E-state index contributed by atoms with van der Waals surface area (Å²) in [6.07, 6.45) is 0. The van der Waals surface area contributed by atoms with Gasteiger partial charge in [0.15, 0.2) is 0 Å². The first-order valence-electron chi connectivity index (χ1n) is 8.43. The Labute approximate surface area is 148 Å². The summed E-state index contributed by atoms with van der Waals surface area (Å²) in [7, 11) is 0. The van der Waals surface area contributed by atoms with Crippen LogP contribution in [0.1, 0.15) is 22.3 Å². The summed E-state index contributed by atoms with van der Waals surface area (Å²) in [6.45, 7) is 3.80. The van der Waals surface area contributed by atoms with Gasteiger partial charge in [0.25, 0.3) is 0 Å². The number of hydrogen-bond acceptors (Lipinski definition) is 2. The molecule has 0 unspecified atom stereocenters. The standard InChI is InChI=1S/C22H22FNO/c1-17-10-12-18(13-11-17)14-24-15-19-6-3-5-9-22(19)25-16-20-7-2-4-8-21(20)23/h2-13,24H,14-16H2,1H3. The number of benzene rings is 3. The van der Waals surface area contributed by atoms with Crippen molar-refractivity contribution in [3.05, 3.63) is 101 Å². The van der Waals surface area contributed by atoms with Gasteiger partial charge in [0, 0.05) is 24.2 Å². The summed E-state index contributed by atoms with van der Waals surface area (Å²) in [5.41, 5.74) is 4.13. The summed E-state index contributed by atoms with van der Waals surface area (Å²) in [5.74, 6) is 0.541. The third-order valence-electron chi connectivity index (χ3n) is 4.08. The Bertz CT molecular complexity index is 814. The number of rotatable bonds is 7. The van der Waals surface area contributed by atoms with Gasteiger partial charge >= 0.3 is 0 Å². The Hall–Kier alpha value is -2.65. The Balaban J connectivity index is 1.59. The zero-order valence-corrected chi connectivity index (χ0v) is 14.3. The van der Waals surface area contributed by atoms with E-state index in [0.29, 0.717) is 12.1 Å². The summed E-state index contributed by atoms with van der Waals surface area (Å²) < 4.78 is 19.6. The molecule has 0 radical (unpaired) electrons. The molecular formula is C22H22FNO. The van der Waals surface area contributed by atoms with E-state index in [1.165, 1.54) is 17.2 Å². The number of halogens is 1. The molecule has 0 saturated heterocycles. The lowest BCUT2D eigenvalue weighted by molar-refractivity contribution is 0.296. The van der Waals surface area contributed by atoms with Gasteiger partial charge in [-0.15, -0.1) is 0 Å². The first-order chi connectivity index (χ1) is 12.2. The second kappa shape index (κ2) is 8.45. The highest BCUT2D eigenvalue weighted by Crippen LogP contribution is 2.20. The number of ether oxygens (including phenoxy) is 1. The van der Waals surface area contributed by atoms with Crippen molar-refractivity contribution in [2.45, 2.75) is 26.6 Å². The van der Waals surface area contributed by atoms with E-state index >= 15 is 0 Å². The van der Waals surface area contributed by atoms with Crippen LogP contribution in [0.15, 0.2) is 72.8 Å². The fraction of sp³-hybridized carbons (Fsp3) is 0.182. The molecule has 3 rings (SSSR count). The monoisotopic (exact) mass is 335 g/mol. The molecule has 0 saturated carbocycles. The second-order valence-electron chi connectivity index (χ2n) is 6.08. The van der Waals surface area contributed by atoms with E-state index in [9.17, 15) is 4.39 Å². The molecule has 1 N–H and O–H groups in total. The molecule has 0 spiro atoms. The number of aryl methyl sites for hydroxylation is 1. The first kappa shape index (κ1) is 17.2. The molecule has 0 aromatic heterocycles. The SMILES string of the molecule is Cc1ccc(CNCc2ccccc2OCc2ccccc2F)cc1. The molecular weight excluding hydrogens is 313 g/mol. The van der Waals surface area contributed by atoms with Crippen molar-refractivity contribution in [2.75, 3.05) is 0 Å². The van der Waals surface area contributed by atoms with Crippen LogP contribution in [0.25, 0.3) is 0 Å². The summed E-state index contributed by atoms with van der Waals surface area (Å²) in [6, 6.07) is 23.0. The van der Waals surface area contributed by atoms with Gasteiger partial charge in [-0.2, -0.15) is 0 Å². The molecule has 0 fully saturated rings. The molecule has 3 heteroatoms. The maximum Gasteiger partial charge on any atom is 0.129 e. The molecule has 0 aliphatic heterocycles. The predicted molar refractivity (Wildman–Crippen MR) is 98.9 cm³/mol. The van der Waals surface area contributed by atoms with Crippen LogP contribution >= 0.6 is 0 Å². The fourth-order valence-electron chi connectivity index (χ4n) is 2.61. The molecule has 0 atom stereocenters. The molecule has 0 bridgehead atoms. The van der Waals surface area contributed by atoms with Gasteiger partial charge in [-0.3, -0.25) is 0 Å². The van der Waals surface area contributed by atoms with Crippen LogP contribution in [0, 0.1) is 12.7 Å². The average molecular weight is 335 g/mol. The summed E-state index contributed by atoms with van der Waals surface area (Å²) >= 11 is 0. The number of nitrogens with one attached hydrogen (secondary N) is 1. The molecule has 2 nitrogen and oxygen atoms in total. The Morgan fingerprint density at radius 2 is 1.48 bits per heavy atom. The first-order valence-corrected chi connectivity index (χ1v) is 8.43. The highest BCUT2D eigenvalue weighted by molar-refractivity contribution is 5.33. The van der Waals surface area contributed by atoms with E-state index in [1.54, 1.807) is 12.1 Å². The van der Waals surface area contributed by atoms with E-state index in [4.69, 9.17) is 4.74 Å². The Morgan fingerprint density at radius 3 is 2.24 bits per heavy atom. The van der Waals surface area contributed by atoms with Crippen LogP contribution in [0.4, 0.5) is 4.39 Å². The predicted octanol–water partition coefficient (Wildman–Crippen LogP) is 5.00. The third kappa shape index (κ3) is 4.91. The molecule has 25 heavy (non-hydrogen) atoms. The molecule has 0 aliphatic carbocycles. The second-order valence-corrected chi connectivity index (χ2v) is 6.08. The third-order valence-corrected chi connectivity index (χ3v) is 4.08. The Morgan fingerprint density at radius 1 is 0.800 bits per heavy atom. The van der Waals surface area contributed by atoms with E-state index in [-0.39, 0.29) is 12.4 Å². The van der Waals surface area contributed by atoms with Crippen molar-refractivity contribution in [3.8, 4) is 5.75 Å². The topological polar surface area (TPSA) is 21.3 Å². The zero-order chi connectivity index (χ0) is 17.5. The van der Waals surface area contributed by atoms with Crippen molar-refractivity contribution < 1.29 is 9.13 Å². The molecule has 0 amide bonds. The largest absolute Gasteiger partial charge is 0.488 e. The molecule has 128 valence electrons. The van der Waals surface area contributed by atoms with E-state index in [1.807, 2.05) is 30.3 Å². The van der Waals surface area contributed by atoms with Gasteiger partial charge in [0.05, 0.1) is 0 Å². The van der Waals surface area contributed by atoms with Crippen molar-refractivity contribution in [1.82, 2.24) is 5.32 Å². The van der Waals surface area contributed by atoms with Crippen molar-refractivity contribution in [2.24, 2.45) is 0 Å². The minimum absolute atomic E-state index is 0.224. The smallest absolute Gasteiger partial charge is 0.129 e. The van der Waals surface area contributed by atoms with Crippen LogP contribution in [0.3, 0.4) is 0 Å². The fourth-order valence-corrected chi connectivity index (χ4v) is 2.61. The quantitative estimate of drug-likeness (QED) is 0.656. The van der Waals surface area contributed by atoms with E-state index in [0.717, 1.165) is 17.9 Å². The summed E-state index contributed by atoms with van der Waals surface area (Å²) in [4.78, 5) is 0. The van der Waals surface area contributed by atoms with Crippen LogP contribution in [0.5, 0.6) is 5.75 Å². The zero-order valence-electron chi connectivity index (χ0n) is 14.3. The highest BCUT2D eigenvalue weighted by atomic mass is 19.1. The normalized spacial score (nSPS) is 10.6.